The summed E-state index contributed by atoms with van der Waals surface area (Å²) in [7, 11) is 7.82. The number of aliphatic hydroxyl groups excluding tert-OH is 2. The predicted octanol–water partition coefficient (Wildman–Crippen LogP) is 4.08. The number of hydrogen-bond acceptors (Lipinski definition) is 6. The van der Waals surface area contributed by atoms with Crippen LogP contribution < -0.4 is 0 Å². The van der Waals surface area contributed by atoms with E-state index in [0.717, 1.165) is 12.8 Å². The lowest BCUT2D eigenvalue weighted by atomic mass is 9.93. The van der Waals surface area contributed by atoms with Crippen molar-refractivity contribution in [2.24, 2.45) is 0 Å². The van der Waals surface area contributed by atoms with Gasteiger partial charge in [0.05, 0.1) is 30.5 Å². The lowest BCUT2D eigenvalue weighted by molar-refractivity contribution is 0.0231. The second-order valence-corrected chi connectivity index (χ2v) is 22.3. The van der Waals surface area contributed by atoms with Gasteiger partial charge in [-0.3, -0.25) is 0 Å². The molecule has 2 aliphatic heterocycles. The Kier molecular flexibility index (Phi) is 11.2. The summed E-state index contributed by atoms with van der Waals surface area (Å²) in [4.78, 5) is 0. The fourth-order valence-corrected chi connectivity index (χ4v) is 6.15. The van der Waals surface area contributed by atoms with Crippen LogP contribution in [0, 0.1) is 0 Å². The number of ether oxygens (including phenoxy) is 2. The van der Waals surface area contributed by atoms with Crippen molar-refractivity contribution in [3.05, 3.63) is 0 Å². The molecule has 10 heteroatoms. The molecule has 2 aliphatic rings. The molecule has 0 saturated carbocycles. The van der Waals surface area contributed by atoms with Crippen molar-refractivity contribution in [1.82, 2.24) is 0 Å². The van der Waals surface area contributed by atoms with Gasteiger partial charge in [-0.05, 0) is 49.1 Å². The van der Waals surface area contributed by atoms with E-state index in [0.29, 0.717) is 0 Å². The van der Waals surface area contributed by atoms with Gasteiger partial charge in [0.2, 0.25) is 0 Å². The third-order valence-electron chi connectivity index (χ3n) is 8.02. The first kappa shape index (κ1) is 32.4. The zero-order valence-corrected chi connectivity index (χ0v) is 25.7. The van der Waals surface area contributed by atoms with Crippen LogP contribution in [0.2, 0.25) is 36.3 Å². The maximum Gasteiger partial charge on any atom is 0.192 e. The van der Waals surface area contributed by atoms with Crippen molar-refractivity contribution in [2.45, 2.75) is 153 Å². The van der Waals surface area contributed by atoms with Crippen LogP contribution in [0.4, 0.5) is 0 Å². The third-order valence-corrected chi connectivity index (χ3v) is 17.0. The van der Waals surface area contributed by atoms with E-state index in [-0.39, 0.29) is 34.5 Å². The van der Waals surface area contributed by atoms with E-state index in [2.05, 4.69) is 67.7 Å². The molecule has 8 atom stereocenters. The molecule has 2 rings (SSSR count). The van der Waals surface area contributed by atoms with Crippen molar-refractivity contribution >= 4 is 32.3 Å². The number of rotatable bonds is 6. The molecule has 6 nitrogen and oxygen atoms in total. The van der Waals surface area contributed by atoms with E-state index >= 15 is 0 Å². The van der Waals surface area contributed by atoms with Crippen molar-refractivity contribution < 1.29 is 28.5 Å². The van der Waals surface area contributed by atoms with E-state index < -0.39 is 40.8 Å². The molecule has 0 aromatic rings. The molecular weight excluding hydrogens is 462 g/mol. The zero-order chi connectivity index (χ0) is 26.9. The summed E-state index contributed by atoms with van der Waals surface area (Å²) in [6, 6.07) is -1.13. The van der Waals surface area contributed by atoms with Crippen LogP contribution in [0.15, 0.2) is 0 Å². The Morgan fingerprint density at radius 3 is 1.41 bits per heavy atom. The van der Waals surface area contributed by atoms with E-state index in [4.69, 9.17) is 34.0 Å². The van der Waals surface area contributed by atoms with Crippen molar-refractivity contribution in [3.8, 4) is 0 Å². The molecule has 34 heavy (non-hydrogen) atoms. The standard InChI is InChI=1S/2C12H25BO3Si/c1-7-8-10(9(14)11(13)15-8)16-17(5,6)12(2,3)4;1-7-8-9(14)10(11(13)15-8)16-17(5,6)12(2,3)4/h2*8-11,14H,7H2,1-6H3/t8-,9?,10+,11-;8-,9+,10?,11-/m11/s1. The minimum Gasteiger partial charge on any atom is -0.409 e. The fraction of sp³-hybridized carbons (Fsp3) is 1.00. The number of aliphatic hydroxyl groups is 2. The second kappa shape index (κ2) is 11.8. The van der Waals surface area contributed by atoms with Gasteiger partial charge >= 0.3 is 0 Å². The average Bonchev–Trinajstić information content (AvgIpc) is 3.10. The molecule has 4 radical (unpaired) electrons. The molecule has 0 spiro atoms. The molecule has 2 N–H and O–H groups in total. The molecule has 2 unspecified atom stereocenters. The lowest BCUT2D eigenvalue weighted by Gasteiger charge is -2.40. The van der Waals surface area contributed by atoms with Crippen LogP contribution in [0.3, 0.4) is 0 Å². The van der Waals surface area contributed by atoms with E-state index in [1.165, 1.54) is 0 Å². The van der Waals surface area contributed by atoms with E-state index in [1.54, 1.807) is 0 Å². The molecule has 0 amide bonds. The van der Waals surface area contributed by atoms with Gasteiger partial charge in [0.15, 0.2) is 16.6 Å². The summed E-state index contributed by atoms with van der Waals surface area (Å²) < 4.78 is 23.4. The van der Waals surface area contributed by atoms with Crippen molar-refractivity contribution in [1.29, 1.82) is 0 Å². The van der Waals surface area contributed by atoms with Gasteiger partial charge in [-0.1, -0.05) is 55.4 Å². The van der Waals surface area contributed by atoms with E-state index in [9.17, 15) is 10.2 Å². The highest BCUT2D eigenvalue weighted by Gasteiger charge is 2.48. The summed E-state index contributed by atoms with van der Waals surface area (Å²) in [6.07, 6.45) is -0.708. The SMILES string of the molecule is [B][C@@H]1O[C@H](CC)[C@H](O)C1O[Si](C)(C)C(C)(C)C.[B][C@@H]1O[C@H](CC)[C@H](O[Si](C)(C)C(C)(C)C)C1O. The van der Waals surface area contributed by atoms with Crippen LogP contribution in [0.25, 0.3) is 0 Å². The highest BCUT2D eigenvalue weighted by atomic mass is 28.4. The van der Waals surface area contributed by atoms with Gasteiger partial charge < -0.3 is 28.5 Å². The van der Waals surface area contributed by atoms with Gasteiger partial charge in [0.25, 0.3) is 0 Å². The molecule has 0 aromatic heterocycles. The minimum atomic E-state index is -1.92. The van der Waals surface area contributed by atoms with Crippen LogP contribution >= 0.6 is 0 Å². The summed E-state index contributed by atoms with van der Waals surface area (Å²) in [5, 5.41) is 20.4. The van der Waals surface area contributed by atoms with Gasteiger partial charge in [0.1, 0.15) is 21.8 Å². The summed E-state index contributed by atoms with van der Waals surface area (Å²) >= 11 is 0. The Balaban J connectivity index is 0.000000340. The minimum absolute atomic E-state index is 0.0888. The summed E-state index contributed by atoms with van der Waals surface area (Å²) in [6.45, 7) is 25.7. The maximum absolute atomic E-state index is 10.1. The Labute approximate surface area is 213 Å². The highest BCUT2D eigenvalue weighted by Crippen LogP contribution is 2.40. The van der Waals surface area contributed by atoms with Gasteiger partial charge in [-0.2, -0.15) is 0 Å². The van der Waals surface area contributed by atoms with Gasteiger partial charge in [-0.15, -0.1) is 0 Å². The molecule has 2 saturated heterocycles. The van der Waals surface area contributed by atoms with Crippen LogP contribution in [0.5, 0.6) is 0 Å². The van der Waals surface area contributed by atoms with Crippen LogP contribution in [-0.4, -0.2) is 91.2 Å². The number of hydrogen-bond donors (Lipinski definition) is 2. The first-order valence-electron chi connectivity index (χ1n) is 12.7. The van der Waals surface area contributed by atoms with E-state index in [1.807, 2.05) is 13.8 Å². The first-order chi connectivity index (χ1) is 15.2. The molecule has 196 valence electrons. The molecule has 2 heterocycles. The van der Waals surface area contributed by atoms with Crippen molar-refractivity contribution in [3.63, 3.8) is 0 Å². The quantitative estimate of drug-likeness (QED) is 0.523. The zero-order valence-electron chi connectivity index (χ0n) is 23.7. The molecular formula is C24H50B2O6Si2. The highest BCUT2D eigenvalue weighted by molar-refractivity contribution is 6.74. The smallest absolute Gasteiger partial charge is 0.192 e. The maximum atomic E-state index is 10.1. The van der Waals surface area contributed by atoms with Gasteiger partial charge in [-0.25, -0.2) is 0 Å². The van der Waals surface area contributed by atoms with Crippen molar-refractivity contribution in [2.75, 3.05) is 0 Å². The Morgan fingerprint density at radius 2 is 1.06 bits per heavy atom. The van der Waals surface area contributed by atoms with Crippen LogP contribution in [0.1, 0.15) is 68.2 Å². The Morgan fingerprint density at radius 1 is 0.676 bits per heavy atom. The normalized spacial score (nSPS) is 35.2. The van der Waals surface area contributed by atoms with Gasteiger partial charge in [0, 0.05) is 12.0 Å². The second-order valence-electron chi connectivity index (χ2n) is 12.8. The fourth-order valence-electron chi connectivity index (χ4n) is 3.51. The summed E-state index contributed by atoms with van der Waals surface area (Å²) in [5.41, 5.74) is 0. The summed E-state index contributed by atoms with van der Waals surface area (Å²) in [5.74, 6) is 0. The Hall–Kier alpha value is 0.324. The molecule has 0 bridgehead atoms. The largest absolute Gasteiger partial charge is 0.409 e. The first-order valence-corrected chi connectivity index (χ1v) is 18.6. The van der Waals surface area contributed by atoms with Crippen LogP contribution in [-0.2, 0) is 18.3 Å². The monoisotopic (exact) mass is 512 g/mol. The third kappa shape index (κ3) is 7.67. The average molecular weight is 512 g/mol. The lowest BCUT2D eigenvalue weighted by Crippen LogP contribution is -2.49. The topological polar surface area (TPSA) is 77.4 Å². The molecule has 0 aromatic carbocycles. The predicted molar refractivity (Wildman–Crippen MR) is 146 cm³/mol. The molecule has 2 fully saturated rings. The Bertz CT molecular complexity index is 638. The molecule has 0 aliphatic carbocycles.